The number of aromatic nitrogens is 3. The van der Waals surface area contributed by atoms with E-state index in [1.807, 2.05) is 12.1 Å². The van der Waals surface area contributed by atoms with Crippen molar-refractivity contribution < 1.29 is 23.8 Å². The molecule has 4 aromatic rings. The maximum atomic E-state index is 14.3. The first-order chi connectivity index (χ1) is 20.4. The topological polar surface area (TPSA) is 114 Å². The van der Waals surface area contributed by atoms with Gasteiger partial charge in [-0.1, -0.05) is 12.1 Å². The minimum absolute atomic E-state index is 0.0197. The van der Waals surface area contributed by atoms with E-state index in [1.165, 1.54) is 6.07 Å². The normalized spacial score (nSPS) is 23.1. The lowest BCUT2D eigenvalue weighted by atomic mass is 9.91. The molecular formula is C32H30FN5O4. The summed E-state index contributed by atoms with van der Waals surface area (Å²) in [6.45, 7) is 3.97. The van der Waals surface area contributed by atoms with Crippen LogP contribution in [0.1, 0.15) is 52.3 Å². The molecule has 7 rings (SSSR count). The molecule has 42 heavy (non-hydrogen) atoms. The third-order valence-corrected chi connectivity index (χ3v) is 8.99. The van der Waals surface area contributed by atoms with Gasteiger partial charge in [0.2, 0.25) is 5.88 Å². The summed E-state index contributed by atoms with van der Waals surface area (Å²) < 4.78 is 28.0. The molecule has 2 saturated heterocycles. The van der Waals surface area contributed by atoms with Gasteiger partial charge in [-0.25, -0.2) is 19.2 Å². The number of ether oxygens (including phenoxy) is 2. The summed E-state index contributed by atoms with van der Waals surface area (Å²) >= 11 is 0. The minimum Gasteiger partial charge on any atom is -0.478 e. The number of fused-ring (bicyclic) bond motifs is 2. The number of carboxylic acids is 1. The van der Waals surface area contributed by atoms with Crippen LogP contribution in [0.25, 0.3) is 11.0 Å². The number of pyridine rings is 1. The number of aromatic carboxylic acids is 1. The van der Waals surface area contributed by atoms with E-state index in [0.29, 0.717) is 30.5 Å². The number of piperidine rings is 1. The summed E-state index contributed by atoms with van der Waals surface area (Å²) in [4.78, 5) is 23.8. The number of imidazole rings is 1. The van der Waals surface area contributed by atoms with E-state index >= 15 is 0 Å². The predicted octanol–water partition coefficient (Wildman–Crippen LogP) is 4.67. The Bertz CT molecular complexity index is 1730. The number of likely N-dealkylation sites (tertiary alicyclic amines) is 1. The fourth-order valence-electron chi connectivity index (χ4n) is 6.39. The number of nitrogens with zero attached hydrogens (tertiary/aromatic N) is 5. The number of hydrogen-bond donors (Lipinski definition) is 1. The molecule has 3 atom stereocenters. The second-order valence-electron chi connectivity index (χ2n) is 11.5. The maximum absolute atomic E-state index is 14.3. The van der Waals surface area contributed by atoms with E-state index in [4.69, 9.17) is 24.7 Å². The molecule has 0 spiro atoms. The van der Waals surface area contributed by atoms with Crippen molar-refractivity contribution in [1.29, 1.82) is 5.26 Å². The van der Waals surface area contributed by atoms with Gasteiger partial charge in [-0.3, -0.25) is 4.90 Å². The van der Waals surface area contributed by atoms with Crippen molar-refractivity contribution >= 4 is 17.0 Å². The molecule has 1 saturated carbocycles. The Hall–Kier alpha value is -4.33. The molecule has 0 amide bonds. The highest BCUT2D eigenvalue weighted by atomic mass is 19.1. The summed E-state index contributed by atoms with van der Waals surface area (Å²) in [7, 11) is 0. The van der Waals surface area contributed by atoms with E-state index in [1.54, 1.807) is 36.4 Å². The first kappa shape index (κ1) is 26.6. The highest BCUT2D eigenvalue weighted by Gasteiger charge is 2.58. The Morgan fingerprint density at radius 1 is 1.21 bits per heavy atom. The Morgan fingerprint density at radius 2 is 2.10 bits per heavy atom. The number of nitriles is 1. The van der Waals surface area contributed by atoms with Gasteiger partial charge in [0.1, 0.15) is 18.2 Å². The van der Waals surface area contributed by atoms with Gasteiger partial charge in [0, 0.05) is 30.2 Å². The van der Waals surface area contributed by atoms with Crippen LogP contribution in [0.2, 0.25) is 0 Å². The summed E-state index contributed by atoms with van der Waals surface area (Å²) in [6.07, 6.45) is 3.14. The SMILES string of the molecule is N#Cc1ccc(COc2cccc([C@]34CCN(Cc5nc6ccc(C(=O)O)cc6n5CC5CCO5)CC3C4)n2)c(F)c1. The summed E-state index contributed by atoms with van der Waals surface area (Å²) in [5, 5.41) is 18.5. The number of halogens is 1. The van der Waals surface area contributed by atoms with Crippen LogP contribution in [-0.4, -0.2) is 56.3 Å². The van der Waals surface area contributed by atoms with Crippen molar-refractivity contribution in [2.24, 2.45) is 5.92 Å². The first-order valence-electron chi connectivity index (χ1n) is 14.3. The molecule has 2 aliphatic heterocycles. The Labute approximate surface area is 242 Å². The number of rotatable bonds is 9. The molecule has 2 unspecified atom stereocenters. The van der Waals surface area contributed by atoms with Crippen molar-refractivity contribution in [2.45, 2.75) is 50.5 Å². The van der Waals surface area contributed by atoms with E-state index in [2.05, 4.69) is 15.5 Å². The van der Waals surface area contributed by atoms with Gasteiger partial charge in [0.05, 0.1) is 53.1 Å². The van der Waals surface area contributed by atoms with Crippen LogP contribution in [-0.2, 0) is 29.8 Å². The largest absolute Gasteiger partial charge is 0.478 e. The average Bonchev–Trinajstić information content (AvgIpc) is 3.62. The number of hydrogen-bond acceptors (Lipinski definition) is 7. The minimum atomic E-state index is -0.948. The zero-order chi connectivity index (χ0) is 28.8. The molecule has 2 aromatic carbocycles. The summed E-state index contributed by atoms with van der Waals surface area (Å²) in [5.74, 6) is 0.452. The van der Waals surface area contributed by atoms with Crippen molar-refractivity contribution in [1.82, 2.24) is 19.4 Å². The lowest BCUT2D eigenvalue weighted by Gasteiger charge is -2.32. The summed E-state index contributed by atoms with van der Waals surface area (Å²) in [5.41, 5.74) is 3.58. The lowest BCUT2D eigenvalue weighted by Crippen LogP contribution is -2.37. The molecule has 10 heteroatoms. The molecule has 214 valence electrons. The van der Waals surface area contributed by atoms with Gasteiger partial charge in [-0.05, 0) is 68.1 Å². The van der Waals surface area contributed by atoms with E-state index in [-0.39, 0.29) is 29.3 Å². The smallest absolute Gasteiger partial charge is 0.335 e. The number of carboxylic acid groups (broad SMARTS) is 1. The van der Waals surface area contributed by atoms with Crippen LogP contribution >= 0.6 is 0 Å². The highest BCUT2D eigenvalue weighted by molar-refractivity contribution is 5.92. The van der Waals surface area contributed by atoms with Gasteiger partial charge >= 0.3 is 5.97 Å². The highest BCUT2D eigenvalue weighted by Crippen LogP contribution is 2.59. The van der Waals surface area contributed by atoms with Gasteiger partial charge in [0.25, 0.3) is 0 Å². The van der Waals surface area contributed by atoms with Crippen LogP contribution in [0.15, 0.2) is 54.6 Å². The number of benzene rings is 2. The second-order valence-corrected chi connectivity index (χ2v) is 11.5. The molecule has 9 nitrogen and oxygen atoms in total. The van der Waals surface area contributed by atoms with Gasteiger partial charge < -0.3 is 19.1 Å². The van der Waals surface area contributed by atoms with Gasteiger partial charge in [0.15, 0.2) is 0 Å². The molecule has 0 radical (unpaired) electrons. The van der Waals surface area contributed by atoms with E-state index < -0.39 is 11.8 Å². The van der Waals surface area contributed by atoms with Gasteiger partial charge in [-0.2, -0.15) is 5.26 Å². The molecule has 0 bridgehead atoms. The zero-order valence-corrected chi connectivity index (χ0v) is 23.0. The van der Waals surface area contributed by atoms with Crippen molar-refractivity contribution in [3.05, 3.63) is 88.6 Å². The van der Waals surface area contributed by atoms with E-state index in [9.17, 15) is 14.3 Å². The predicted molar refractivity (Wildman–Crippen MR) is 150 cm³/mol. The Kier molecular flexibility index (Phi) is 6.64. The van der Waals surface area contributed by atoms with Crippen molar-refractivity contribution in [2.75, 3.05) is 19.7 Å². The maximum Gasteiger partial charge on any atom is 0.335 e. The summed E-state index contributed by atoms with van der Waals surface area (Å²) in [6, 6.07) is 17.2. The molecular weight excluding hydrogens is 537 g/mol. The monoisotopic (exact) mass is 567 g/mol. The molecule has 3 fully saturated rings. The van der Waals surface area contributed by atoms with Crippen LogP contribution < -0.4 is 4.74 Å². The molecule has 3 aliphatic rings. The average molecular weight is 568 g/mol. The van der Waals surface area contributed by atoms with Crippen molar-refractivity contribution in [3.8, 4) is 11.9 Å². The second kappa shape index (κ2) is 10.5. The fourth-order valence-corrected chi connectivity index (χ4v) is 6.39. The van der Waals surface area contributed by atoms with Crippen molar-refractivity contribution in [3.63, 3.8) is 0 Å². The van der Waals surface area contributed by atoms with E-state index in [0.717, 1.165) is 61.5 Å². The van der Waals surface area contributed by atoms with Crippen LogP contribution in [0.5, 0.6) is 5.88 Å². The number of carbonyl (C=O) groups is 1. The first-order valence-corrected chi connectivity index (χ1v) is 14.3. The molecule has 2 aromatic heterocycles. The molecule has 1 aliphatic carbocycles. The standard InChI is InChI=1S/C32H30FN5O4/c33-25-12-20(15-34)4-5-22(25)19-42-30-3-1-2-28(36-30)32-9-10-37(16-23(32)14-32)18-29-35-26-7-6-21(31(39)40)13-27(26)38(29)17-24-8-11-41-24/h1-7,12-13,23-24H,8-11,14,16-19H2,(H,39,40)/t23?,24?,32-/m0/s1. The quantitative estimate of drug-likeness (QED) is 0.310. The molecule has 4 heterocycles. The van der Waals surface area contributed by atoms with Crippen LogP contribution in [0, 0.1) is 23.1 Å². The third kappa shape index (κ3) is 4.89. The van der Waals surface area contributed by atoms with Crippen LogP contribution in [0.3, 0.4) is 0 Å². The lowest BCUT2D eigenvalue weighted by molar-refractivity contribution is -0.0592. The van der Waals surface area contributed by atoms with Crippen LogP contribution in [0.4, 0.5) is 4.39 Å². The Balaban J connectivity index is 1.04. The Morgan fingerprint density at radius 3 is 2.83 bits per heavy atom. The fraction of sp³-hybridized carbons (Fsp3) is 0.375. The molecule has 1 N–H and O–H groups in total. The van der Waals surface area contributed by atoms with Gasteiger partial charge in [-0.15, -0.1) is 0 Å². The zero-order valence-electron chi connectivity index (χ0n) is 23.0. The third-order valence-electron chi connectivity index (χ3n) is 8.99.